The third kappa shape index (κ3) is 3.64. The van der Waals surface area contributed by atoms with Crippen LogP contribution in [0.3, 0.4) is 0 Å². The number of hydrogen-bond donors (Lipinski definition) is 2. The highest BCUT2D eigenvalue weighted by Crippen LogP contribution is 2.23. The van der Waals surface area contributed by atoms with E-state index in [4.69, 9.17) is 16.0 Å². The van der Waals surface area contributed by atoms with Crippen LogP contribution in [-0.2, 0) is 4.79 Å². The van der Waals surface area contributed by atoms with E-state index < -0.39 is 0 Å². The average Bonchev–Trinajstić information content (AvgIpc) is 2.88. The number of amides is 2. The molecule has 0 spiro atoms. The third-order valence-electron chi connectivity index (χ3n) is 2.95. The van der Waals surface area contributed by atoms with E-state index in [9.17, 15) is 9.59 Å². The normalized spacial score (nSPS) is 10.2. The summed E-state index contributed by atoms with van der Waals surface area (Å²) < 4.78 is 4.89. The van der Waals surface area contributed by atoms with Crippen LogP contribution in [0.25, 0.3) is 0 Å². The highest BCUT2D eigenvalue weighted by molar-refractivity contribution is 6.32. The first kappa shape index (κ1) is 15.1. The molecule has 0 aliphatic rings. The molecule has 110 valence electrons. The molecule has 0 aliphatic carbocycles. The lowest BCUT2D eigenvalue weighted by Gasteiger charge is -2.11. The molecule has 1 heterocycles. The van der Waals surface area contributed by atoms with Crippen LogP contribution >= 0.6 is 11.6 Å². The number of benzene rings is 1. The van der Waals surface area contributed by atoms with Gasteiger partial charge in [-0.15, -0.1) is 0 Å². The molecule has 0 fully saturated rings. The van der Waals surface area contributed by atoms with E-state index in [0.717, 1.165) is 5.56 Å². The molecule has 1 aromatic carbocycles. The minimum atomic E-state index is -0.365. The Morgan fingerprint density at radius 2 is 2.00 bits per heavy atom. The zero-order valence-corrected chi connectivity index (χ0v) is 12.5. The molecule has 2 aromatic rings. The van der Waals surface area contributed by atoms with Gasteiger partial charge >= 0.3 is 0 Å². The minimum absolute atomic E-state index is 0.0422. The van der Waals surface area contributed by atoms with Gasteiger partial charge in [0.1, 0.15) is 0 Å². The smallest absolute Gasteiger partial charge is 0.260 e. The first-order valence-electron chi connectivity index (χ1n) is 6.46. The van der Waals surface area contributed by atoms with E-state index in [-0.39, 0.29) is 22.6 Å². The molecule has 2 amide bonds. The summed E-state index contributed by atoms with van der Waals surface area (Å²) in [6, 6.07) is 6.80. The van der Waals surface area contributed by atoms with Gasteiger partial charge in [-0.3, -0.25) is 9.59 Å². The van der Waals surface area contributed by atoms with Gasteiger partial charge in [-0.2, -0.15) is 0 Å². The summed E-state index contributed by atoms with van der Waals surface area (Å²) in [7, 11) is 0. The minimum Gasteiger partial charge on any atom is -0.452 e. The molecular weight excluding hydrogens is 292 g/mol. The van der Waals surface area contributed by atoms with Crippen molar-refractivity contribution < 1.29 is 14.0 Å². The molecular formula is C15H15ClN2O3. The van der Waals surface area contributed by atoms with Gasteiger partial charge in [0, 0.05) is 17.8 Å². The second kappa shape index (κ2) is 6.45. The number of nitrogens with one attached hydrogen (secondary N) is 2. The number of hydrogen-bond acceptors (Lipinski definition) is 3. The van der Waals surface area contributed by atoms with Crippen molar-refractivity contribution in [2.24, 2.45) is 0 Å². The first-order valence-corrected chi connectivity index (χ1v) is 6.84. The molecule has 2 rings (SSSR count). The zero-order valence-electron chi connectivity index (χ0n) is 11.7. The van der Waals surface area contributed by atoms with Gasteiger partial charge in [-0.05, 0) is 42.3 Å². The summed E-state index contributed by atoms with van der Waals surface area (Å²) in [5.41, 5.74) is 2.36. The fraction of sp³-hybridized carbons (Fsp3) is 0.200. The summed E-state index contributed by atoms with van der Waals surface area (Å²) in [4.78, 5) is 23.5. The summed E-state index contributed by atoms with van der Waals surface area (Å²) in [6.07, 6.45) is 1.74. The Hall–Kier alpha value is -2.27. The zero-order chi connectivity index (χ0) is 15.4. The van der Waals surface area contributed by atoms with Crippen LogP contribution in [-0.4, -0.2) is 11.8 Å². The highest BCUT2D eigenvalue weighted by atomic mass is 35.5. The standard InChI is InChI=1S/C15H15ClN2O3/c1-3-13(19)17-10-5-4-9(2)12(8-10)18-15(20)11-6-7-21-14(11)16/h4-8H,3H2,1-2H3,(H,17,19)(H,18,20). The van der Waals surface area contributed by atoms with Gasteiger partial charge in [0.15, 0.2) is 0 Å². The molecule has 0 saturated carbocycles. The Labute approximate surface area is 127 Å². The number of rotatable bonds is 4. The lowest BCUT2D eigenvalue weighted by molar-refractivity contribution is -0.115. The van der Waals surface area contributed by atoms with E-state index in [1.54, 1.807) is 19.1 Å². The fourth-order valence-electron chi connectivity index (χ4n) is 1.73. The van der Waals surface area contributed by atoms with Gasteiger partial charge in [-0.1, -0.05) is 13.0 Å². The summed E-state index contributed by atoms with van der Waals surface area (Å²) in [6.45, 7) is 3.63. The Balaban J connectivity index is 2.19. The van der Waals surface area contributed by atoms with Crippen molar-refractivity contribution in [3.05, 3.63) is 46.9 Å². The van der Waals surface area contributed by atoms with Crippen molar-refractivity contribution in [3.63, 3.8) is 0 Å². The Kier molecular flexibility index (Phi) is 4.65. The molecule has 0 atom stereocenters. The fourth-order valence-corrected chi connectivity index (χ4v) is 1.93. The third-order valence-corrected chi connectivity index (χ3v) is 3.25. The van der Waals surface area contributed by atoms with Crippen molar-refractivity contribution in [2.75, 3.05) is 10.6 Å². The second-order valence-electron chi connectivity index (χ2n) is 4.49. The number of aryl methyl sites for hydroxylation is 1. The Morgan fingerprint density at radius 3 is 2.62 bits per heavy atom. The van der Waals surface area contributed by atoms with Crippen LogP contribution in [0, 0.1) is 6.92 Å². The van der Waals surface area contributed by atoms with Gasteiger partial charge in [-0.25, -0.2) is 0 Å². The van der Waals surface area contributed by atoms with Gasteiger partial charge < -0.3 is 15.1 Å². The maximum Gasteiger partial charge on any atom is 0.260 e. The largest absolute Gasteiger partial charge is 0.452 e. The number of carbonyl (C=O) groups excluding carboxylic acids is 2. The predicted octanol–water partition coefficient (Wildman–Crippen LogP) is 3.84. The molecule has 2 N–H and O–H groups in total. The number of furan rings is 1. The van der Waals surface area contributed by atoms with Gasteiger partial charge in [0.25, 0.3) is 5.91 Å². The topological polar surface area (TPSA) is 71.3 Å². The van der Waals surface area contributed by atoms with E-state index >= 15 is 0 Å². The average molecular weight is 307 g/mol. The quantitative estimate of drug-likeness (QED) is 0.901. The Bertz CT molecular complexity index is 679. The van der Waals surface area contributed by atoms with Gasteiger partial charge in [0.05, 0.1) is 11.8 Å². The molecule has 0 saturated heterocycles. The van der Waals surface area contributed by atoms with Crippen molar-refractivity contribution in [1.29, 1.82) is 0 Å². The van der Waals surface area contributed by atoms with Crippen LogP contribution in [0.4, 0.5) is 11.4 Å². The van der Waals surface area contributed by atoms with Gasteiger partial charge in [0.2, 0.25) is 11.1 Å². The molecule has 5 nitrogen and oxygen atoms in total. The van der Waals surface area contributed by atoms with E-state index in [1.807, 2.05) is 13.0 Å². The molecule has 0 aliphatic heterocycles. The SMILES string of the molecule is CCC(=O)Nc1ccc(C)c(NC(=O)c2ccoc2Cl)c1. The lowest BCUT2D eigenvalue weighted by atomic mass is 10.1. The predicted molar refractivity (Wildman–Crippen MR) is 81.8 cm³/mol. The van der Waals surface area contributed by atoms with Crippen molar-refractivity contribution in [2.45, 2.75) is 20.3 Å². The Morgan fingerprint density at radius 1 is 1.24 bits per heavy atom. The molecule has 0 radical (unpaired) electrons. The summed E-state index contributed by atoms with van der Waals surface area (Å²) in [5.74, 6) is -0.454. The second-order valence-corrected chi connectivity index (χ2v) is 4.84. The molecule has 6 heteroatoms. The van der Waals surface area contributed by atoms with Crippen LogP contribution in [0.5, 0.6) is 0 Å². The summed E-state index contributed by atoms with van der Waals surface area (Å²) >= 11 is 5.78. The number of carbonyl (C=O) groups is 2. The molecule has 21 heavy (non-hydrogen) atoms. The van der Waals surface area contributed by atoms with Crippen LogP contribution in [0.15, 0.2) is 34.9 Å². The molecule has 0 unspecified atom stereocenters. The maximum absolute atomic E-state index is 12.1. The van der Waals surface area contributed by atoms with E-state index in [2.05, 4.69) is 10.6 Å². The molecule has 1 aromatic heterocycles. The van der Waals surface area contributed by atoms with Crippen molar-refractivity contribution >= 4 is 34.8 Å². The maximum atomic E-state index is 12.1. The van der Waals surface area contributed by atoms with Crippen molar-refractivity contribution in [1.82, 2.24) is 0 Å². The molecule has 0 bridgehead atoms. The lowest BCUT2D eigenvalue weighted by Crippen LogP contribution is -2.14. The van der Waals surface area contributed by atoms with E-state index in [1.165, 1.54) is 12.3 Å². The van der Waals surface area contributed by atoms with Crippen LogP contribution in [0.2, 0.25) is 5.22 Å². The van der Waals surface area contributed by atoms with Crippen LogP contribution in [0.1, 0.15) is 29.3 Å². The highest BCUT2D eigenvalue weighted by Gasteiger charge is 2.14. The van der Waals surface area contributed by atoms with E-state index in [0.29, 0.717) is 17.8 Å². The first-order chi connectivity index (χ1) is 10.0. The summed E-state index contributed by atoms with van der Waals surface area (Å²) in [5, 5.41) is 5.54. The van der Waals surface area contributed by atoms with Crippen LogP contribution < -0.4 is 10.6 Å². The number of anilines is 2. The monoisotopic (exact) mass is 306 g/mol. The van der Waals surface area contributed by atoms with Crippen molar-refractivity contribution in [3.8, 4) is 0 Å². The number of halogens is 1.